The molecular weight excluding hydrogens is 412 g/mol. The number of carbonyl (C=O) groups excluding carboxylic acids is 1. The minimum atomic E-state index is -0.419. The summed E-state index contributed by atoms with van der Waals surface area (Å²) in [5.74, 6) is -0.137. The lowest BCUT2D eigenvalue weighted by Crippen LogP contribution is -2.37. The van der Waals surface area contributed by atoms with Crippen LogP contribution in [0.3, 0.4) is 0 Å². The zero-order chi connectivity index (χ0) is 20.5. The van der Waals surface area contributed by atoms with Crippen molar-refractivity contribution in [2.24, 2.45) is 14.1 Å². The van der Waals surface area contributed by atoms with Gasteiger partial charge in [0, 0.05) is 32.4 Å². The fraction of sp³-hybridized carbons (Fsp3) is 0.278. The highest BCUT2D eigenvalue weighted by Gasteiger charge is 2.14. The third kappa shape index (κ3) is 3.66. The molecule has 0 fully saturated rings. The summed E-state index contributed by atoms with van der Waals surface area (Å²) in [6.45, 7) is 0.440. The molecule has 0 saturated carbocycles. The van der Waals surface area contributed by atoms with Gasteiger partial charge in [0.2, 0.25) is 5.91 Å². The van der Waals surface area contributed by atoms with Gasteiger partial charge in [-0.3, -0.25) is 18.7 Å². The second kappa shape index (κ2) is 7.76. The molecule has 0 unspecified atom stereocenters. The molecule has 0 aliphatic heterocycles. The van der Waals surface area contributed by atoms with Crippen molar-refractivity contribution in [1.29, 1.82) is 0 Å². The summed E-state index contributed by atoms with van der Waals surface area (Å²) in [6, 6.07) is 3.95. The zero-order valence-corrected chi connectivity index (χ0v) is 17.4. The Balaban J connectivity index is 1.40. The van der Waals surface area contributed by atoms with Crippen LogP contribution >= 0.6 is 22.7 Å². The number of amides is 1. The third-order valence-electron chi connectivity index (χ3n) is 4.54. The molecule has 4 rings (SSSR count). The molecular formula is C18H18N6O3S2. The molecule has 0 aromatic carbocycles. The molecule has 0 saturated heterocycles. The van der Waals surface area contributed by atoms with Crippen molar-refractivity contribution < 1.29 is 4.79 Å². The molecule has 0 aliphatic carbocycles. The number of anilines is 1. The zero-order valence-electron chi connectivity index (χ0n) is 15.8. The molecule has 4 heterocycles. The number of nitrogens with zero attached hydrogens (tertiary/aromatic N) is 5. The van der Waals surface area contributed by atoms with E-state index in [1.54, 1.807) is 23.0 Å². The number of aromatic nitrogens is 5. The summed E-state index contributed by atoms with van der Waals surface area (Å²) >= 11 is 2.99. The van der Waals surface area contributed by atoms with E-state index in [1.165, 1.54) is 29.3 Å². The topological polar surface area (TPSA) is 104 Å². The van der Waals surface area contributed by atoms with Gasteiger partial charge in [0.15, 0.2) is 16.3 Å². The van der Waals surface area contributed by atoms with Crippen molar-refractivity contribution in [3.63, 3.8) is 0 Å². The van der Waals surface area contributed by atoms with Crippen LogP contribution in [0.2, 0.25) is 0 Å². The second-order valence-electron chi connectivity index (χ2n) is 6.48. The van der Waals surface area contributed by atoms with Crippen molar-refractivity contribution in [3.8, 4) is 10.6 Å². The third-order valence-corrected chi connectivity index (χ3v) is 6.19. The van der Waals surface area contributed by atoms with E-state index in [0.717, 1.165) is 15.1 Å². The van der Waals surface area contributed by atoms with E-state index in [9.17, 15) is 14.4 Å². The lowest BCUT2D eigenvalue weighted by Gasteiger charge is -2.06. The predicted molar refractivity (Wildman–Crippen MR) is 114 cm³/mol. The Bertz CT molecular complexity index is 1300. The highest BCUT2D eigenvalue weighted by atomic mass is 32.1. The Hall–Kier alpha value is -3.05. The van der Waals surface area contributed by atoms with Gasteiger partial charge < -0.3 is 9.88 Å². The number of fused-ring (bicyclic) bond motifs is 1. The van der Waals surface area contributed by atoms with Crippen LogP contribution in [0.15, 0.2) is 38.8 Å². The number of hydrogen-bond acceptors (Lipinski definition) is 7. The van der Waals surface area contributed by atoms with E-state index in [0.29, 0.717) is 29.3 Å². The van der Waals surface area contributed by atoms with Gasteiger partial charge in [0.25, 0.3) is 5.56 Å². The number of aryl methyl sites for hydroxylation is 2. The van der Waals surface area contributed by atoms with Crippen LogP contribution in [0.5, 0.6) is 0 Å². The summed E-state index contributed by atoms with van der Waals surface area (Å²) in [5.41, 5.74) is 0.736. The summed E-state index contributed by atoms with van der Waals surface area (Å²) in [5, 5.41) is 7.28. The van der Waals surface area contributed by atoms with Crippen LogP contribution in [0.4, 0.5) is 5.13 Å². The van der Waals surface area contributed by atoms with Crippen LogP contribution in [-0.4, -0.2) is 29.6 Å². The summed E-state index contributed by atoms with van der Waals surface area (Å²) < 4.78 is 4.08. The minimum Gasteiger partial charge on any atom is -0.325 e. The van der Waals surface area contributed by atoms with Gasteiger partial charge in [0.1, 0.15) is 0 Å². The largest absolute Gasteiger partial charge is 0.332 e. The van der Waals surface area contributed by atoms with Gasteiger partial charge in [-0.1, -0.05) is 6.07 Å². The second-order valence-corrected chi connectivity index (χ2v) is 8.29. The summed E-state index contributed by atoms with van der Waals surface area (Å²) in [6.07, 6.45) is 2.32. The number of thiazole rings is 1. The fourth-order valence-corrected chi connectivity index (χ4v) is 4.51. The molecule has 0 aliphatic rings. The molecule has 0 bridgehead atoms. The van der Waals surface area contributed by atoms with Crippen LogP contribution < -0.4 is 16.6 Å². The number of nitrogens with one attached hydrogen (secondary N) is 1. The maximum absolute atomic E-state index is 12.4. The Kier molecular flexibility index (Phi) is 5.16. The SMILES string of the molecule is Cn1c(=O)c2c(ncn2CCCC(=O)Nc2nc(-c3cccs3)cs2)n(C)c1=O. The Morgan fingerprint density at radius 2 is 2.03 bits per heavy atom. The molecule has 4 aromatic rings. The monoisotopic (exact) mass is 430 g/mol. The molecule has 9 nitrogen and oxygen atoms in total. The van der Waals surface area contributed by atoms with Gasteiger partial charge in [-0.05, 0) is 17.9 Å². The number of carbonyl (C=O) groups is 1. The van der Waals surface area contributed by atoms with Crippen molar-refractivity contribution in [2.45, 2.75) is 19.4 Å². The number of thiophene rings is 1. The first-order valence-corrected chi connectivity index (χ1v) is 10.6. The van der Waals surface area contributed by atoms with E-state index in [1.807, 2.05) is 22.9 Å². The van der Waals surface area contributed by atoms with Crippen LogP contribution in [-0.2, 0) is 25.4 Å². The standard InChI is InChI=1S/C18H18N6O3S2/c1-22-15-14(16(26)23(2)18(22)27)24(10-19-15)7-3-6-13(25)21-17-20-11(9-29-17)12-5-4-8-28-12/h4-5,8-10H,3,6-7H2,1-2H3,(H,20,21,25). The van der Waals surface area contributed by atoms with Gasteiger partial charge in [-0.2, -0.15) is 0 Å². The minimum absolute atomic E-state index is 0.137. The lowest BCUT2D eigenvalue weighted by atomic mass is 10.3. The molecule has 1 amide bonds. The van der Waals surface area contributed by atoms with Gasteiger partial charge in [-0.15, -0.1) is 22.7 Å². The normalized spacial score (nSPS) is 11.2. The maximum atomic E-state index is 12.4. The van der Waals surface area contributed by atoms with E-state index in [2.05, 4.69) is 15.3 Å². The van der Waals surface area contributed by atoms with E-state index in [-0.39, 0.29) is 12.3 Å². The van der Waals surface area contributed by atoms with Gasteiger partial charge in [0.05, 0.1) is 16.9 Å². The van der Waals surface area contributed by atoms with Crippen molar-refractivity contribution in [3.05, 3.63) is 50.1 Å². The molecule has 29 heavy (non-hydrogen) atoms. The number of imidazole rings is 1. The molecule has 4 aromatic heterocycles. The quantitative estimate of drug-likeness (QED) is 0.504. The van der Waals surface area contributed by atoms with E-state index >= 15 is 0 Å². The number of rotatable bonds is 6. The molecule has 11 heteroatoms. The number of hydrogen-bond donors (Lipinski definition) is 1. The Labute approximate surface area is 172 Å². The van der Waals surface area contributed by atoms with Crippen molar-refractivity contribution in [1.82, 2.24) is 23.7 Å². The predicted octanol–water partition coefficient (Wildman–Crippen LogP) is 2.04. The highest BCUT2D eigenvalue weighted by molar-refractivity contribution is 7.16. The lowest BCUT2D eigenvalue weighted by molar-refractivity contribution is -0.116. The van der Waals surface area contributed by atoms with Crippen LogP contribution in [0.25, 0.3) is 21.7 Å². The Morgan fingerprint density at radius 3 is 2.79 bits per heavy atom. The van der Waals surface area contributed by atoms with E-state index in [4.69, 9.17) is 0 Å². The van der Waals surface area contributed by atoms with Gasteiger partial charge in [-0.25, -0.2) is 14.8 Å². The molecule has 0 radical (unpaired) electrons. The average molecular weight is 431 g/mol. The van der Waals surface area contributed by atoms with Crippen LogP contribution in [0, 0.1) is 0 Å². The molecule has 0 atom stereocenters. The first kappa shape index (κ1) is 19.3. The summed E-state index contributed by atoms with van der Waals surface area (Å²) in [7, 11) is 3.01. The molecule has 150 valence electrons. The van der Waals surface area contributed by atoms with Gasteiger partial charge >= 0.3 is 5.69 Å². The first-order chi connectivity index (χ1) is 14.0. The molecule has 0 spiro atoms. The fourth-order valence-electron chi connectivity index (χ4n) is 3.03. The highest BCUT2D eigenvalue weighted by Crippen LogP contribution is 2.28. The first-order valence-electron chi connectivity index (χ1n) is 8.86. The summed E-state index contributed by atoms with van der Waals surface area (Å²) in [4.78, 5) is 46.3. The van der Waals surface area contributed by atoms with Crippen LogP contribution in [0.1, 0.15) is 12.8 Å². The van der Waals surface area contributed by atoms with E-state index < -0.39 is 11.2 Å². The molecule has 1 N–H and O–H groups in total. The maximum Gasteiger partial charge on any atom is 0.332 e. The van der Waals surface area contributed by atoms with Crippen molar-refractivity contribution in [2.75, 3.05) is 5.32 Å². The van der Waals surface area contributed by atoms with Crippen molar-refractivity contribution >= 4 is 44.9 Å². The Morgan fingerprint density at radius 1 is 1.21 bits per heavy atom. The average Bonchev–Trinajstić information content (AvgIpc) is 3.45. The smallest absolute Gasteiger partial charge is 0.325 e.